The zero-order valence-corrected chi connectivity index (χ0v) is 22.6. The van der Waals surface area contributed by atoms with Crippen LogP contribution in [0, 0.1) is 15.9 Å². The average Bonchev–Trinajstić information content (AvgIpc) is 3.12. The number of halogens is 1. The van der Waals surface area contributed by atoms with Gasteiger partial charge in [-0.15, -0.1) is 0 Å². The highest BCUT2D eigenvalue weighted by Gasteiger charge is 2.23. The van der Waals surface area contributed by atoms with E-state index in [9.17, 15) is 18.7 Å². The molecule has 1 aromatic carbocycles. The molecule has 1 heterocycles. The number of nitrogens with one attached hydrogen (secondary N) is 1. The Morgan fingerprint density at radius 3 is 2.65 bits per heavy atom. The average molecular weight is 511 g/mol. The lowest BCUT2D eigenvalue weighted by Gasteiger charge is -2.15. The molecule has 0 saturated carbocycles. The van der Waals surface area contributed by atoms with E-state index >= 15 is 0 Å². The molecule has 0 bridgehead atoms. The summed E-state index contributed by atoms with van der Waals surface area (Å²) in [6, 6.07) is 4.34. The fourth-order valence-corrected chi connectivity index (χ4v) is 4.27. The summed E-state index contributed by atoms with van der Waals surface area (Å²) in [4.78, 5) is 18.8. The number of hydrogen-bond acceptors (Lipinski definition) is 5. The smallest absolute Gasteiger partial charge is 0.279 e. The third-order valence-corrected chi connectivity index (χ3v) is 8.01. The molecule has 0 aliphatic rings. The van der Waals surface area contributed by atoms with E-state index in [1.165, 1.54) is 0 Å². The van der Waals surface area contributed by atoms with Crippen LogP contribution in [-0.2, 0) is 28.8 Å². The molecule has 1 atom stereocenters. The van der Waals surface area contributed by atoms with Crippen LogP contribution in [0.25, 0.3) is 11.3 Å². The third-order valence-electron chi connectivity index (χ3n) is 4.92. The number of benzene rings is 1. The van der Waals surface area contributed by atoms with Crippen LogP contribution in [0.1, 0.15) is 45.1 Å². The second kappa shape index (κ2) is 11.9. The maximum absolute atomic E-state index is 14.0. The van der Waals surface area contributed by atoms with Gasteiger partial charge in [-0.2, -0.15) is 4.40 Å². The number of aromatic nitrogens is 2. The molecule has 34 heavy (non-hydrogen) atoms. The highest BCUT2D eigenvalue weighted by atomic mass is 32.2. The van der Waals surface area contributed by atoms with Crippen molar-refractivity contribution in [3.8, 4) is 11.3 Å². The molecule has 0 unspecified atom stereocenters. The van der Waals surface area contributed by atoms with Gasteiger partial charge in [0.2, 0.25) is 0 Å². The van der Waals surface area contributed by atoms with Gasteiger partial charge < -0.3 is 9.72 Å². The largest absolute Gasteiger partial charge is 0.375 e. The molecule has 0 amide bonds. The highest BCUT2D eigenvalue weighted by Crippen LogP contribution is 2.32. The van der Waals surface area contributed by atoms with E-state index in [0.29, 0.717) is 43.1 Å². The number of aromatic amines is 1. The predicted molar refractivity (Wildman–Crippen MR) is 138 cm³/mol. The number of H-pyrrole nitrogens is 1. The number of ether oxygens (including phenoxy) is 1. The molecule has 188 valence electrons. The quantitative estimate of drug-likeness (QED) is 0.127. The van der Waals surface area contributed by atoms with Crippen LogP contribution in [0.4, 0.5) is 10.1 Å². The van der Waals surface area contributed by atoms with Crippen LogP contribution in [0.2, 0.25) is 25.7 Å². The Morgan fingerprint density at radius 2 is 2.03 bits per heavy atom. The fourth-order valence-electron chi connectivity index (χ4n) is 2.96. The van der Waals surface area contributed by atoms with E-state index in [1.54, 1.807) is 6.21 Å². The number of aryl methyl sites for hydroxylation is 1. The van der Waals surface area contributed by atoms with E-state index < -0.39 is 34.5 Å². The summed E-state index contributed by atoms with van der Waals surface area (Å²) in [5, 5.41) is 11.5. The van der Waals surface area contributed by atoms with Crippen LogP contribution in [0.15, 0.2) is 22.6 Å². The summed E-state index contributed by atoms with van der Waals surface area (Å²) in [5.41, 5.74) is 0.830. The summed E-state index contributed by atoms with van der Waals surface area (Å²) in [5.74, 6) is 0.0570. The van der Waals surface area contributed by atoms with E-state index in [2.05, 4.69) is 34.0 Å². The van der Waals surface area contributed by atoms with Gasteiger partial charge in [0, 0.05) is 33.4 Å². The second-order valence-corrected chi connectivity index (χ2v) is 17.9. The van der Waals surface area contributed by atoms with Crippen molar-refractivity contribution in [2.24, 2.45) is 4.40 Å². The van der Waals surface area contributed by atoms with Crippen molar-refractivity contribution >= 4 is 31.0 Å². The number of nitro groups is 1. The Balaban J connectivity index is 2.20. The Kier molecular flexibility index (Phi) is 9.83. The molecule has 0 saturated heterocycles. The summed E-state index contributed by atoms with van der Waals surface area (Å²) < 4.78 is 35.5. The first kappa shape index (κ1) is 28.0. The van der Waals surface area contributed by atoms with Crippen LogP contribution in [0.5, 0.6) is 0 Å². The normalized spacial score (nSPS) is 13.5. The molecule has 2 aromatic rings. The standard InChI is InChI=1S/C23H35FN4O4SSi/c1-23(2,3)33(31)25-12-8-7-9-21-26-19(16-32-13-14-34(4,5)6)22(27-21)18-15-17(24)10-11-20(18)28(29)30/h10-12,15H,7-9,13-14,16H2,1-6H3,(H,26,27)/t33-/m0/s1. The van der Waals surface area contributed by atoms with Crippen molar-refractivity contribution in [1.29, 1.82) is 0 Å². The zero-order chi connectivity index (χ0) is 25.5. The first-order valence-electron chi connectivity index (χ1n) is 11.3. The lowest BCUT2D eigenvalue weighted by Crippen LogP contribution is -2.21. The molecule has 0 aliphatic heterocycles. The molecule has 8 nitrogen and oxygen atoms in total. The first-order valence-corrected chi connectivity index (χ1v) is 16.1. The monoisotopic (exact) mass is 510 g/mol. The SMILES string of the molecule is CC(C)(C)[S@](=O)N=CCCCc1nc(-c2cc(F)ccc2[N+](=O)[O-])c(COCC[Si](C)(C)C)[nH]1. The van der Waals surface area contributed by atoms with E-state index in [4.69, 9.17) is 4.74 Å². The van der Waals surface area contributed by atoms with Gasteiger partial charge in [0.05, 0.1) is 27.5 Å². The zero-order valence-electron chi connectivity index (χ0n) is 20.8. The Labute approximate surface area is 204 Å². The summed E-state index contributed by atoms with van der Waals surface area (Å²) >= 11 is 0. The summed E-state index contributed by atoms with van der Waals surface area (Å²) in [7, 11) is -2.57. The van der Waals surface area contributed by atoms with E-state index in [1.807, 2.05) is 20.8 Å². The minimum atomic E-state index is -1.30. The van der Waals surface area contributed by atoms with Crippen LogP contribution in [-0.4, -0.2) is 44.7 Å². The van der Waals surface area contributed by atoms with Gasteiger partial charge in [0.15, 0.2) is 0 Å². The molecule has 0 radical (unpaired) electrons. The number of imidazole rings is 1. The number of hydrogen-bond donors (Lipinski definition) is 1. The molecule has 0 fully saturated rings. The maximum Gasteiger partial charge on any atom is 0.279 e. The van der Waals surface area contributed by atoms with Crippen molar-refractivity contribution in [2.45, 2.75) is 77.1 Å². The van der Waals surface area contributed by atoms with Crippen molar-refractivity contribution < 1.29 is 18.3 Å². The molecular formula is C23H35FN4O4SSi. The Hall–Kier alpha value is -2.24. The Morgan fingerprint density at radius 1 is 1.32 bits per heavy atom. The second-order valence-electron chi connectivity index (χ2n) is 10.3. The molecule has 0 spiro atoms. The molecule has 11 heteroatoms. The minimum absolute atomic E-state index is 0.124. The highest BCUT2D eigenvalue weighted by molar-refractivity contribution is 7.85. The lowest BCUT2D eigenvalue weighted by atomic mass is 10.1. The summed E-state index contributed by atoms with van der Waals surface area (Å²) in [6.45, 7) is 13.1. The van der Waals surface area contributed by atoms with Gasteiger partial charge in [-0.1, -0.05) is 19.6 Å². The number of nitro benzene ring substituents is 1. The predicted octanol–water partition coefficient (Wildman–Crippen LogP) is 5.83. The molecule has 0 aliphatic carbocycles. The Bertz CT molecular complexity index is 1040. The van der Waals surface area contributed by atoms with Crippen LogP contribution >= 0.6 is 0 Å². The van der Waals surface area contributed by atoms with Gasteiger partial charge in [-0.3, -0.25) is 10.1 Å². The van der Waals surface area contributed by atoms with Crippen molar-refractivity contribution in [3.05, 3.63) is 45.6 Å². The maximum atomic E-state index is 14.0. The van der Waals surface area contributed by atoms with Crippen molar-refractivity contribution in [2.75, 3.05) is 6.61 Å². The molecule has 2 rings (SSSR count). The fraction of sp³-hybridized carbons (Fsp3) is 0.565. The van der Waals surface area contributed by atoms with E-state index in [0.717, 1.165) is 24.2 Å². The number of rotatable bonds is 12. The van der Waals surface area contributed by atoms with E-state index in [-0.39, 0.29) is 17.9 Å². The minimum Gasteiger partial charge on any atom is -0.375 e. The van der Waals surface area contributed by atoms with Gasteiger partial charge in [0.1, 0.15) is 28.3 Å². The van der Waals surface area contributed by atoms with Crippen molar-refractivity contribution in [3.63, 3.8) is 0 Å². The molecule has 1 aromatic heterocycles. The van der Waals surface area contributed by atoms with Gasteiger partial charge >= 0.3 is 0 Å². The number of nitrogens with zero attached hydrogens (tertiary/aromatic N) is 3. The first-order chi connectivity index (χ1) is 15.8. The summed E-state index contributed by atoms with van der Waals surface area (Å²) in [6.07, 6.45) is 3.52. The van der Waals surface area contributed by atoms with Gasteiger partial charge in [-0.05, 0) is 51.8 Å². The molecular weight excluding hydrogens is 475 g/mol. The van der Waals surface area contributed by atoms with Gasteiger partial charge in [-0.25, -0.2) is 13.6 Å². The number of unbranched alkanes of at least 4 members (excludes halogenated alkanes) is 1. The van der Waals surface area contributed by atoms with Gasteiger partial charge in [0.25, 0.3) is 5.69 Å². The van der Waals surface area contributed by atoms with Crippen LogP contribution in [0.3, 0.4) is 0 Å². The third kappa shape index (κ3) is 8.84. The van der Waals surface area contributed by atoms with Crippen LogP contribution < -0.4 is 0 Å². The lowest BCUT2D eigenvalue weighted by molar-refractivity contribution is -0.384. The van der Waals surface area contributed by atoms with Crippen molar-refractivity contribution in [1.82, 2.24) is 9.97 Å². The molecule has 1 N–H and O–H groups in total. The topological polar surface area (TPSA) is 110 Å².